The van der Waals surface area contributed by atoms with Crippen LogP contribution < -0.4 is 5.84 Å². The maximum Gasteiger partial charge on any atom is 0.0821 e. The molecule has 2 N–H and O–H groups in total. The Hall–Kier alpha value is -1.10. The van der Waals surface area contributed by atoms with Gasteiger partial charge >= 0.3 is 0 Å². The van der Waals surface area contributed by atoms with Crippen LogP contribution >= 0.6 is 0 Å². The van der Waals surface area contributed by atoms with Crippen molar-refractivity contribution in [1.82, 2.24) is 20.0 Å². The van der Waals surface area contributed by atoms with Crippen molar-refractivity contribution in [3.05, 3.63) is 11.9 Å². The molecule has 12 heavy (non-hydrogen) atoms. The van der Waals surface area contributed by atoms with E-state index in [-0.39, 0.29) is 0 Å². The van der Waals surface area contributed by atoms with Crippen molar-refractivity contribution in [2.45, 2.75) is 12.8 Å². The lowest BCUT2D eigenvalue weighted by Gasteiger charge is -2.00. The van der Waals surface area contributed by atoms with Gasteiger partial charge in [-0.05, 0) is 24.6 Å². The summed E-state index contributed by atoms with van der Waals surface area (Å²) in [6.07, 6.45) is 3.84. The van der Waals surface area contributed by atoms with E-state index in [0.29, 0.717) is 0 Å². The van der Waals surface area contributed by atoms with Gasteiger partial charge in [0.2, 0.25) is 0 Å². The van der Waals surface area contributed by atoms with Gasteiger partial charge in [0, 0.05) is 13.1 Å². The number of nitrogens with two attached hydrogens (primary N) is 1. The predicted octanol–water partition coefficient (Wildman–Crippen LogP) is -0.760. The Kier molecular flexibility index (Phi) is 1.95. The highest BCUT2D eigenvalue weighted by Crippen LogP contribution is 2.06. The molecule has 5 heteroatoms. The minimum Gasteiger partial charge on any atom is -0.322 e. The quantitative estimate of drug-likeness (QED) is 0.473. The lowest BCUT2D eigenvalue weighted by Crippen LogP contribution is -2.14. The number of rotatable bonds is 4. The van der Waals surface area contributed by atoms with E-state index in [0.717, 1.165) is 18.5 Å². The number of nitrogens with zero attached hydrogens (tertiary/aromatic N) is 4. The molecule has 2 heterocycles. The second-order valence-electron chi connectivity index (χ2n) is 3.12. The number of hydrogen-bond donors (Lipinski definition) is 1. The zero-order valence-electron chi connectivity index (χ0n) is 6.98. The fraction of sp³-hybridized carbons (Fsp3) is 0.714. The first kappa shape index (κ1) is 7.54. The van der Waals surface area contributed by atoms with E-state index in [1.54, 1.807) is 6.20 Å². The predicted molar refractivity (Wildman–Crippen MR) is 44.9 cm³/mol. The molecule has 0 bridgehead atoms. The van der Waals surface area contributed by atoms with Crippen LogP contribution in [0.15, 0.2) is 6.20 Å². The molecule has 1 saturated heterocycles. The summed E-state index contributed by atoms with van der Waals surface area (Å²) in [5.74, 6) is 5.50. The highest BCUT2D eigenvalue weighted by atomic mass is 15.6. The lowest BCUT2D eigenvalue weighted by atomic mass is 10.2. The fourth-order valence-corrected chi connectivity index (χ4v) is 1.22. The summed E-state index contributed by atoms with van der Waals surface area (Å²) in [5, 5.41) is 7.37. The minimum atomic E-state index is 0.972. The Morgan fingerprint density at radius 3 is 2.92 bits per heavy atom. The van der Waals surface area contributed by atoms with Gasteiger partial charge in [-0.2, -0.15) is 4.79 Å². The van der Waals surface area contributed by atoms with E-state index < -0.39 is 0 Å². The first-order chi connectivity index (χ1) is 5.86. The molecule has 0 atom stereocenters. The molecular weight excluding hydrogens is 154 g/mol. The third-order valence-electron chi connectivity index (χ3n) is 2.10. The highest BCUT2D eigenvalue weighted by Gasteiger charge is 2.15. The molecule has 1 aliphatic rings. The molecule has 5 nitrogen and oxygen atoms in total. The van der Waals surface area contributed by atoms with E-state index in [9.17, 15) is 0 Å². The van der Waals surface area contributed by atoms with E-state index >= 15 is 0 Å². The first-order valence-electron chi connectivity index (χ1n) is 4.23. The van der Waals surface area contributed by atoms with Crippen LogP contribution in [-0.4, -0.2) is 39.6 Å². The summed E-state index contributed by atoms with van der Waals surface area (Å²) >= 11 is 0. The SMILES string of the molecule is Nn1nncc1CCCN1CC1. The lowest BCUT2D eigenvalue weighted by molar-refractivity contribution is 0.528. The van der Waals surface area contributed by atoms with E-state index in [1.807, 2.05) is 0 Å². The average Bonchev–Trinajstić information content (AvgIpc) is 2.78. The molecule has 0 saturated carbocycles. The maximum atomic E-state index is 5.50. The molecule has 0 radical (unpaired) electrons. The third-order valence-corrected chi connectivity index (χ3v) is 2.10. The second-order valence-corrected chi connectivity index (χ2v) is 3.12. The van der Waals surface area contributed by atoms with E-state index in [1.165, 1.54) is 24.4 Å². The summed E-state index contributed by atoms with van der Waals surface area (Å²) < 4.78 is 0. The Morgan fingerprint density at radius 1 is 1.50 bits per heavy atom. The molecular formula is C7H13N5. The van der Waals surface area contributed by atoms with Gasteiger partial charge < -0.3 is 10.7 Å². The summed E-state index contributed by atoms with van der Waals surface area (Å²) in [6, 6.07) is 0. The van der Waals surface area contributed by atoms with Gasteiger partial charge in [0.05, 0.1) is 11.9 Å². The maximum absolute atomic E-state index is 5.50. The van der Waals surface area contributed by atoms with Gasteiger partial charge in [0.25, 0.3) is 0 Å². The Balaban J connectivity index is 1.75. The monoisotopic (exact) mass is 167 g/mol. The van der Waals surface area contributed by atoms with Gasteiger partial charge in [-0.25, -0.2) is 0 Å². The van der Waals surface area contributed by atoms with Crippen molar-refractivity contribution >= 4 is 0 Å². The normalized spacial score (nSPS) is 16.7. The van der Waals surface area contributed by atoms with Gasteiger partial charge in [0.1, 0.15) is 0 Å². The van der Waals surface area contributed by atoms with Gasteiger partial charge in [-0.3, -0.25) is 0 Å². The molecule has 0 spiro atoms. The Morgan fingerprint density at radius 2 is 2.33 bits per heavy atom. The summed E-state index contributed by atoms with van der Waals surface area (Å²) in [6.45, 7) is 3.70. The van der Waals surface area contributed by atoms with E-state index in [4.69, 9.17) is 5.84 Å². The summed E-state index contributed by atoms with van der Waals surface area (Å²) in [7, 11) is 0. The molecule has 1 fully saturated rings. The van der Waals surface area contributed by atoms with Crippen LogP contribution in [0.5, 0.6) is 0 Å². The van der Waals surface area contributed by atoms with Crippen molar-refractivity contribution in [2.75, 3.05) is 25.5 Å². The van der Waals surface area contributed by atoms with Crippen LogP contribution in [0.25, 0.3) is 0 Å². The van der Waals surface area contributed by atoms with Crippen LogP contribution in [0, 0.1) is 0 Å². The highest BCUT2D eigenvalue weighted by molar-refractivity contribution is 4.94. The largest absolute Gasteiger partial charge is 0.322 e. The molecule has 66 valence electrons. The number of hydrogen-bond acceptors (Lipinski definition) is 4. The smallest absolute Gasteiger partial charge is 0.0821 e. The molecule has 1 aliphatic heterocycles. The molecule has 0 aliphatic carbocycles. The summed E-state index contributed by atoms with van der Waals surface area (Å²) in [4.78, 5) is 3.74. The number of nitrogen functional groups attached to an aromatic ring is 1. The first-order valence-corrected chi connectivity index (χ1v) is 4.23. The van der Waals surface area contributed by atoms with Crippen LogP contribution in [0.4, 0.5) is 0 Å². The standard InChI is InChI=1S/C7H13N5/c8-12-7(6-9-10-12)2-1-3-11-4-5-11/h6H,1-5,8H2. The van der Waals surface area contributed by atoms with Crippen molar-refractivity contribution in [3.8, 4) is 0 Å². The Bertz CT molecular complexity index is 252. The number of aryl methyl sites for hydroxylation is 1. The zero-order valence-corrected chi connectivity index (χ0v) is 6.98. The van der Waals surface area contributed by atoms with Crippen LogP contribution in [0.2, 0.25) is 0 Å². The van der Waals surface area contributed by atoms with Crippen molar-refractivity contribution in [1.29, 1.82) is 0 Å². The van der Waals surface area contributed by atoms with Crippen molar-refractivity contribution in [3.63, 3.8) is 0 Å². The van der Waals surface area contributed by atoms with Crippen LogP contribution in [0.3, 0.4) is 0 Å². The minimum absolute atomic E-state index is 0.972. The van der Waals surface area contributed by atoms with E-state index in [2.05, 4.69) is 15.2 Å². The molecule has 0 aromatic carbocycles. The Labute approximate surface area is 71.1 Å². The average molecular weight is 167 g/mol. The van der Waals surface area contributed by atoms with Crippen LogP contribution in [0.1, 0.15) is 12.1 Å². The fourth-order valence-electron chi connectivity index (χ4n) is 1.22. The van der Waals surface area contributed by atoms with Gasteiger partial charge in [-0.15, -0.1) is 5.10 Å². The second kappa shape index (κ2) is 3.10. The molecule has 2 rings (SSSR count). The molecule has 0 unspecified atom stereocenters. The van der Waals surface area contributed by atoms with Crippen molar-refractivity contribution in [2.24, 2.45) is 0 Å². The van der Waals surface area contributed by atoms with Crippen molar-refractivity contribution < 1.29 is 0 Å². The summed E-state index contributed by atoms with van der Waals surface area (Å²) in [5.41, 5.74) is 1.01. The third kappa shape index (κ3) is 1.73. The molecule has 1 aromatic rings. The topological polar surface area (TPSA) is 59.7 Å². The molecule has 1 aromatic heterocycles. The molecule has 0 amide bonds. The van der Waals surface area contributed by atoms with Gasteiger partial charge in [-0.1, -0.05) is 0 Å². The number of aromatic nitrogens is 3. The van der Waals surface area contributed by atoms with Gasteiger partial charge in [0.15, 0.2) is 0 Å². The zero-order chi connectivity index (χ0) is 8.39. The van der Waals surface area contributed by atoms with Crippen LogP contribution in [-0.2, 0) is 6.42 Å².